The molecular formula is C16H19FN2O. The van der Waals surface area contributed by atoms with Crippen molar-refractivity contribution in [3.05, 3.63) is 35.8 Å². The molecule has 0 saturated heterocycles. The van der Waals surface area contributed by atoms with Crippen LogP contribution in [0.3, 0.4) is 0 Å². The molecule has 0 bridgehead atoms. The average Bonchev–Trinajstić information content (AvgIpc) is 3.23. The first-order valence-electron chi connectivity index (χ1n) is 7.11. The second kappa shape index (κ2) is 5.37. The summed E-state index contributed by atoms with van der Waals surface area (Å²) in [7, 11) is 0. The van der Waals surface area contributed by atoms with Gasteiger partial charge in [-0.3, -0.25) is 4.98 Å². The van der Waals surface area contributed by atoms with Gasteiger partial charge in [0.1, 0.15) is 5.82 Å². The molecule has 20 heavy (non-hydrogen) atoms. The van der Waals surface area contributed by atoms with Crippen molar-refractivity contribution in [2.45, 2.75) is 32.2 Å². The van der Waals surface area contributed by atoms with Crippen LogP contribution in [0.15, 0.2) is 24.3 Å². The maximum absolute atomic E-state index is 13.5. The van der Waals surface area contributed by atoms with Crippen molar-refractivity contribution < 1.29 is 9.50 Å². The zero-order chi connectivity index (χ0) is 14.1. The molecule has 3 rings (SSSR count). The highest BCUT2D eigenvalue weighted by atomic mass is 19.1. The van der Waals surface area contributed by atoms with E-state index in [0.717, 1.165) is 28.7 Å². The van der Waals surface area contributed by atoms with Gasteiger partial charge in [0, 0.05) is 29.4 Å². The minimum Gasteiger partial charge on any atom is -0.396 e. The molecule has 1 aromatic carbocycles. The third-order valence-corrected chi connectivity index (χ3v) is 3.87. The van der Waals surface area contributed by atoms with Crippen LogP contribution in [0.5, 0.6) is 0 Å². The van der Waals surface area contributed by atoms with E-state index in [9.17, 15) is 9.50 Å². The number of nitrogens with zero attached hydrogens (tertiary/aromatic N) is 1. The Labute approximate surface area is 117 Å². The van der Waals surface area contributed by atoms with Crippen LogP contribution in [0.4, 0.5) is 10.1 Å². The van der Waals surface area contributed by atoms with E-state index in [1.807, 2.05) is 13.0 Å². The Kier molecular flexibility index (Phi) is 3.57. The molecule has 0 spiro atoms. The number of aliphatic hydroxyl groups is 1. The molecular weight excluding hydrogens is 255 g/mol. The van der Waals surface area contributed by atoms with Gasteiger partial charge in [-0.05, 0) is 56.4 Å². The Hall–Kier alpha value is -1.68. The summed E-state index contributed by atoms with van der Waals surface area (Å²) in [4.78, 5) is 4.44. The summed E-state index contributed by atoms with van der Waals surface area (Å²) in [6.45, 7) is 2.11. The second-order valence-corrected chi connectivity index (χ2v) is 5.57. The molecule has 1 fully saturated rings. The van der Waals surface area contributed by atoms with Gasteiger partial charge in [-0.1, -0.05) is 0 Å². The van der Waals surface area contributed by atoms with Gasteiger partial charge in [-0.15, -0.1) is 0 Å². The van der Waals surface area contributed by atoms with Crippen LogP contribution in [0, 0.1) is 18.7 Å². The van der Waals surface area contributed by atoms with Crippen molar-refractivity contribution in [1.29, 1.82) is 0 Å². The van der Waals surface area contributed by atoms with Crippen molar-refractivity contribution in [3.8, 4) is 0 Å². The van der Waals surface area contributed by atoms with E-state index < -0.39 is 0 Å². The smallest absolute Gasteiger partial charge is 0.124 e. The zero-order valence-electron chi connectivity index (χ0n) is 11.6. The van der Waals surface area contributed by atoms with Gasteiger partial charge in [0.2, 0.25) is 0 Å². The molecule has 0 aliphatic heterocycles. The van der Waals surface area contributed by atoms with Gasteiger partial charge in [-0.2, -0.15) is 0 Å². The maximum Gasteiger partial charge on any atom is 0.124 e. The lowest BCUT2D eigenvalue weighted by Gasteiger charge is -2.20. The van der Waals surface area contributed by atoms with Crippen molar-refractivity contribution >= 4 is 16.6 Å². The van der Waals surface area contributed by atoms with E-state index in [1.54, 1.807) is 6.07 Å². The van der Waals surface area contributed by atoms with Crippen molar-refractivity contribution in [1.82, 2.24) is 4.98 Å². The number of aryl methyl sites for hydroxylation is 1. The summed E-state index contributed by atoms with van der Waals surface area (Å²) in [5, 5.41) is 13.5. The Morgan fingerprint density at radius 3 is 2.90 bits per heavy atom. The van der Waals surface area contributed by atoms with Crippen molar-refractivity contribution in [3.63, 3.8) is 0 Å². The quantitative estimate of drug-likeness (QED) is 0.879. The standard InChI is InChI=1S/C16H19FN2O/c1-10-8-16(19-14(6-7-20)11-2-3-11)13-9-12(17)4-5-15(13)18-10/h4-5,8-9,11,14,20H,2-3,6-7H2,1H3,(H,18,19). The second-order valence-electron chi connectivity index (χ2n) is 5.57. The number of rotatable bonds is 5. The molecule has 2 aromatic rings. The average molecular weight is 274 g/mol. The van der Waals surface area contributed by atoms with Crippen LogP contribution in [-0.2, 0) is 0 Å². The lowest BCUT2D eigenvalue weighted by atomic mass is 10.1. The Balaban J connectivity index is 1.98. The fraction of sp³-hybridized carbons (Fsp3) is 0.438. The summed E-state index contributed by atoms with van der Waals surface area (Å²) in [6.07, 6.45) is 3.13. The zero-order valence-corrected chi connectivity index (χ0v) is 11.6. The monoisotopic (exact) mass is 274 g/mol. The van der Waals surface area contributed by atoms with Gasteiger partial charge in [0.25, 0.3) is 0 Å². The number of hydrogen-bond donors (Lipinski definition) is 2. The Bertz CT molecular complexity index is 625. The minimum absolute atomic E-state index is 0.171. The third kappa shape index (κ3) is 2.75. The molecule has 3 nitrogen and oxygen atoms in total. The Morgan fingerprint density at radius 1 is 1.40 bits per heavy atom. The lowest BCUT2D eigenvalue weighted by molar-refractivity contribution is 0.274. The van der Waals surface area contributed by atoms with Crippen LogP contribution in [0.1, 0.15) is 25.0 Å². The van der Waals surface area contributed by atoms with Crippen LogP contribution < -0.4 is 5.32 Å². The fourth-order valence-corrected chi connectivity index (χ4v) is 2.71. The summed E-state index contributed by atoms with van der Waals surface area (Å²) in [6, 6.07) is 6.88. The van der Waals surface area contributed by atoms with E-state index in [1.165, 1.54) is 25.0 Å². The molecule has 106 valence electrons. The van der Waals surface area contributed by atoms with Gasteiger partial charge in [0.15, 0.2) is 0 Å². The van der Waals surface area contributed by atoms with Crippen LogP contribution >= 0.6 is 0 Å². The van der Waals surface area contributed by atoms with Crippen LogP contribution in [-0.4, -0.2) is 22.7 Å². The molecule has 1 heterocycles. The molecule has 1 aliphatic carbocycles. The highest BCUT2D eigenvalue weighted by Gasteiger charge is 2.31. The number of fused-ring (bicyclic) bond motifs is 1. The number of anilines is 1. The van der Waals surface area contributed by atoms with Gasteiger partial charge >= 0.3 is 0 Å². The molecule has 1 aromatic heterocycles. The molecule has 1 aliphatic rings. The summed E-state index contributed by atoms with van der Waals surface area (Å²) in [5.74, 6) is 0.371. The molecule has 0 amide bonds. The van der Waals surface area contributed by atoms with Crippen molar-refractivity contribution in [2.24, 2.45) is 5.92 Å². The summed E-state index contributed by atoms with van der Waals surface area (Å²) >= 11 is 0. The number of benzene rings is 1. The molecule has 2 N–H and O–H groups in total. The first kappa shape index (κ1) is 13.3. The van der Waals surface area contributed by atoms with Gasteiger partial charge < -0.3 is 10.4 Å². The van der Waals surface area contributed by atoms with E-state index in [4.69, 9.17) is 0 Å². The molecule has 1 atom stereocenters. The number of hydrogen-bond acceptors (Lipinski definition) is 3. The van der Waals surface area contributed by atoms with Crippen molar-refractivity contribution in [2.75, 3.05) is 11.9 Å². The maximum atomic E-state index is 13.5. The normalized spacial score (nSPS) is 16.4. The first-order chi connectivity index (χ1) is 9.67. The third-order valence-electron chi connectivity index (χ3n) is 3.87. The summed E-state index contributed by atoms with van der Waals surface area (Å²) < 4.78 is 13.5. The fourth-order valence-electron chi connectivity index (χ4n) is 2.71. The molecule has 1 saturated carbocycles. The number of pyridine rings is 1. The minimum atomic E-state index is -0.253. The first-order valence-corrected chi connectivity index (χ1v) is 7.11. The highest BCUT2D eigenvalue weighted by Crippen LogP contribution is 2.36. The Morgan fingerprint density at radius 2 is 2.20 bits per heavy atom. The number of nitrogens with one attached hydrogen (secondary N) is 1. The predicted octanol–water partition coefficient (Wildman–Crippen LogP) is 3.26. The van der Waals surface area contributed by atoms with E-state index in [2.05, 4.69) is 10.3 Å². The molecule has 4 heteroatoms. The molecule has 1 unspecified atom stereocenters. The van der Waals surface area contributed by atoms with Gasteiger partial charge in [-0.25, -0.2) is 4.39 Å². The van der Waals surface area contributed by atoms with E-state index in [-0.39, 0.29) is 18.5 Å². The highest BCUT2D eigenvalue weighted by molar-refractivity contribution is 5.91. The molecule has 0 radical (unpaired) electrons. The van der Waals surface area contributed by atoms with E-state index >= 15 is 0 Å². The SMILES string of the molecule is Cc1cc(NC(CCO)C2CC2)c2cc(F)ccc2n1. The van der Waals surface area contributed by atoms with Gasteiger partial charge in [0.05, 0.1) is 5.52 Å². The number of halogens is 1. The number of aliphatic hydroxyl groups excluding tert-OH is 1. The predicted molar refractivity (Wildman–Crippen MR) is 78.3 cm³/mol. The topological polar surface area (TPSA) is 45.1 Å². The van der Waals surface area contributed by atoms with Crippen LogP contribution in [0.2, 0.25) is 0 Å². The lowest BCUT2D eigenvalue weighted by Crippen LogP contribution is -2.23. The van der Waals surface area contributed by atoms with Crippen LogP contribution in [0.25, 0.3) is 10.9 Å². The number of aromatic nitrogens is 1. The van der Waals surface area contributed by atoms with E-state index in [0.29, 0.717) is 5.92 Å². The largest absolute Gasteiger partial charge is 0.396 e. The summed E-state index contributed by atoms with van der Waals surface area (Å²) in [5.41, 5.74) is 2.62.